The van der Waals surface area contributed by atoms with Crippen LogP contribution < -0.4 is 10.6 Å². The van der Waals surface area contributed by atoms with E-state index in [-0.39, 0.29) is 16.3 Å². The summed E-state index contributed by atoms with van der Waals surface area (Å²) in [6.07, 6.45) is -5.59. The monoisotopic (exact) mass is 546 g/mol. The Labute approximate surface area is 206 Å². The molecule has 2 aromatic carbocycles. The van der Waals surface area contributed by atoms with Crippen molar-refractivity contribution in [1.82, 2.24) is 5.32 Å². The fourth-order valence-corrected chi connectivity index (χ4v) is 4.81. The lowest BCUT2D eigenvalue weighted by Gasteiger charge is -2.11. The van der Waals surface area contributed by atoms with Gasteiger partial charge in [-0.05, 0) is 42.0 Å². The summed E-state index contributed by atoms with van der Waals surface area (Å²) in [5, 5.41) is 5.47. The van der Waals surface area contributed by atoms with Gasteiger partial charge in [-0.2, -0.15) is 13.2 Å². The summed E-state index contributed by atoms with van der Waals surface area (Å²) in [5.41, 5.74) is 0.691. The van der Waals surface area contributed by atoms with Crippen molar-refractivity contribution in [2.24, 2.45) is 5.92 Å². The maximum absolute atomic E-state index is 12.8. The summed E-state index contributed by atoms with van der Waals surface area (Å²) in [6, 6.07) is 8.77. The first-order chi connectivity index (χ1) is 14.8. The van der Waals surface area contributed by atoms with Gasteiger partial charge in [0.15, 0.2) is 0 Å². The van der Waals surface area contributed by atoms with Gasteiger partial charge in [-0.15, -0.1) is 23.2 Å². The summed E-state index contributed by atoms with van der Waals surface area (Å²) in [5.74, 6) is -2.74. The molecule has 3 rings (SSSR count). The molecule has 1 fully saturated rings. The third-order valence-electron chi connectivity index (χ3n) is 4.75. The van der Waals surface area contributed by atoms with Crippen molar-refractivity contribution in [3.05, 3.63) is 62.6 Å². The number of alkyl halides is 5. The highest BCUT2D eigenvalue weighted by atomic mass is 35.5. The van der Waals surface area contributed by atoms with Gasteiger partial charge in [0.1, 0.15) is 4.33 Å². The van der Waals surface area contributed by atoms with Gasteiger partial charge in [0.2, 0.25) is 5.91 Å². The zero-order valence-corrected chi connectivity index (χ0v) is 19.7. The fraction of sp³-hybridized carbons (Fsp3) is 0.300. The minimum Gasteiger partial charge on any atom is -0.352 e. The predicted molar refractivity (Wildman–Crippen MR) is 120 cm³/mol. The molecular weight excluding hydrogens is 534 g/mol. The van der Waals surface area contributed by atoms with E-state index in [1.54, 1.807) is 12.1 Å². The minimum atomic E-state index is -4.41. The SMILES string of the molecule is O=C(NCCC(F)(F)F)c1cc(NC(=O)[C@H]2[C@H](c3cc(Cl)cc(Cl)c3)C2(Cl)Cl)ccc1Cl. The van der Waals surface area contributed by atoms with Crippen LogP contribution in [0.4, 0.5) is 18.9 Å². The summed E-state index contributed by atoms with van der Waals surface area (Å²) in [7, 11) is 0. The quantitative estimate of drug-likeness (QED) is 0.388. The van der Waals surface area contributed by atoms with Gasteiger partial charge in [0.05, 0.1) is 22.9 Å². The lowest BCUT2D eigenvalue weighted by atomic mass is 10.1. The highest BCUT2D eigenvalue weighted by molar-refractivity contribution is 6.53. The number of amides is 2. The summed E-state index contributed by atoms with van der Waals surface area (Å²) >= 11 is 30.6. The van der Waals surface area contributed by atoms with E-state index < -0.39 is 47.1 Å². The Bertz CT molecular complexity index is 1040. The molecule has 1 aliphatic carbocycles. The first-order valence-corrected chi connectivity index (χ1v) is 11.0. The van der Waals surface area contributed by atoms with Gasteiger partial charge < -0.3 is 10.6 Å². The average molecular weight is 549 g/mol. The Morgan fingerprint density at radius 1 is 1.00 bits per heavy atom. The average Bonchev–Trinajstić information content (AvgIpc) is 3.23. The van der Waals surface area contributed by atoms with Crippen molar-refractivity contribution in [1.29, 1.82) is 0 Å². The number of anilines is 1. The van der Waals surface area contributed by atoms with Crippen molar-refractivity contribution in [2.45, 2.75) is 22.8 Å². The van der Waals surface area contributed by atoms with Crippen molar-refractivity contribution in [3.8, 4) is 0 Å². The molecule has 1 aliphatic rings. The van der Waals surface area contributed by atoms with Gasteiger partial charge >= 0.3 is 6.18 Å². The molecule has 0 aliphatic heterocycles. The molecule has 0 saturated heterocycles. The Kier molecular flexibility index (Phi) is 7.47. The molecule has 2 N–H and O–H groups in total. The largest absolute Gasteiger partial charge is 0.390 e. The summed E-state index contributed by atoms with van der Waals surface area (Å²) in [4.78, 5) is 25.0. The van der Waals surface area contributed by atoms with Crippen LogP contribution in [0.25, 0.3) is 0 Å². The van der Waals surface area contributed by atoms with E-state index in [9.17, 15) is 22.8 Å². The summed E-state index contributed by atoms with van der Waals surface area (Å²) in [6.45, 7) is -0.609. The predicted octanol–water partition coefficient (Wildman–Crippen LogP) is 6.86. The lowest BCUT2D eigenvalue weighted by molar-refractivity contribution is -0.133. The molecule has 12 heteroatoms. The molecule has 0 bridgehead atoms. The first-order valence-electron chi connectivity index (χ1n) is 9.09. The van der Waals surface area contributed by atoms with E-state index in [0.29, 0.717) is 15.6 Å². The molecule has 0 unspecified atom stereocenters. The molecule has 172 valence electrons. The van der Waals surface area contributed by atoms with Crippen LogP contribution in [0.1, 0.15) is 28.3 Å². The number of hydrogen-bond donors (Lipinski definition) is 2. The smallest absolute Gasteiger partial charge is 0.352 e. The topological polar surface area (TPSA) is 58.2 Å². The molecule has 0 aromatic heterocycles. The molecule has 0 radical (unpaired) electrons. The third kappa shape index (κ3) is 5.94. The molecule has 32 heavy (non-hydrogen) atoms. The Morgan fingerprint density at radius 3 is 2.22 bits per heavy atom. The van der Waals surface area contributed by atoms with Crippen molar-refractivity contribution in [2.75, 3.05) is 11.9 Å². The van der Waals surface area contributed by atoms with E-state index in [1.807, 2.05) is 0 Å². The van der Waals surface area contributed by atoms with Crippen LogP contribution in [-0.2, 0) is 4.79 Å². The number of carbonyl (C=O) groups excluding carboxylic acids is 2. The van der Waals surface area contributed by atoms with E-state index in [1.165, 1.54) is 24.3 Å². The third-order valence-corrected chi connectivity index (χ3v) is 6.46. The van der Waals surface area contributed by atoms with Gasteiger partial charge in [-0.25, -0.2) is 0 Å². The lowest BCUT2D eigenvalue weighted by Crippen LogP contribution is -2.28. The Balaban J connectivity index is 1.71. The summed E-state index contributed by atoms with van der Waals surface area (Å²) < 4.78 is 35.4. The van der Waals surface area contributed by atoms with Gasteiger partial charge in [-0.1, -0.05) is 34.8 Å². The van der Waals surface area contributed by atoms with E-state index in [4.69, 9.17) is 58.0 Å². The molecule has 1 saturated carbocycles. The zero-order chi connectivity index (χ0) is 23.8. The molecule has 0 heterocycles. The van der Waals surface area contributed by atoms with E-state index in [0.717, 1.165) is 0 Å². The van der Waals surface area contributed by atoms with E-state index in [2.05, 4.69) is 10.6 Å². The molecule has 0 spiro atoms. The van der Waals surface area contributed by atoms with E-state index >= 15 is 0 Å². The molecule has 4 nitrogen and oxygen atoms in total. The van der Waals surface area contributed by atoms with Crippen molar-refractivity contribution >= 4 is 75.5 Å². The van der Waals surface area contributed by atoms with Gasteiger partial charge in [-0.3, -0.25) is 9.59 Å². The zero-order valence-electron chi connectivity index (χ0n) is 15.9. The number of hydrogen-bond acceptors (Lipinski definition) is 2. The highest BCUT2D eigenvalue weighted by Gasteiger charge is 2.67. The maximum atomic E-state index is 12.8. The second-order valence-corrected chi connectivity index (χ2v) is 9.86. The molecule has 2 aromatic rings. The Morgan fingerprint density at radius 2 is 1.62 bits per heavy atom. The first kappa shape index (κ1) is 25.2. The molecular formula is C20H14Cl5F3N2O2. The van der Waals surface area contributed by atoms with Crippen LogP contribution in [-0.4, -0.2) is 28.9 Å². The number of carbonyl (C=O) groups is 2. The second kappa shape index (κ2) is 9.47. The Hall–Kier alpha value is -1.38. The van der Waals surface area contributed by atoms with Crippen LogP contribution in [0, 0.1) is 5.92 Å². The standard InChI is InChI=1S/C20H14Cl5F3N2O2/c21-10-5-9(6-11(22)7-10)15-16(20(15,24)25)18(32)30-12-1-2-14(23)13(8-12)17(31)29-4-3-19(26,27)28/h1-2,5-8,15-16H,3-4H2,(H,29,31)(H,30,32)/t15-,16+/m0/s1. The van der Waals surface area contributed by atoms with Crippen LogP contribution >= 0.6 is 58.0 Å². The van der Waals surface area contributed by atoms with Crippen molar-refractivity contribution < 1.29 is 22.8 Å². The van der Waals surface area contributed by atoms with Crippen LogP contribution in [0.5, 0.6) is 0 Å². The van der Waals surface area contributed by atoms with Crippen LogP contribution in [0.15, 0.2) is 36.4 Å². The van der Waals surface area contributed by atoms with Gasteiger partial charge in [0, 0.05) is 28.2 Å². The number of rotatable bonds is 6. The van der Waals surface area contributed by atoms with Crippen molar-refractivity contribution in [3.63, 3.8) is 0 Å². The molecule has 2 atom stereocenters. The normalized spacial score (nSPS) is 19.4. The molecule has 2 amide bonds. The van der Waals surface area contributed by atoms with Crippen LogP contribution in [0.2, 0.25) is 15.1 Å². The highest BCUT2D eigenvalue weighted by Crippen LogP contribution is 2.65. The van der Waals surface area contributed by atoms with Gasteiger partial charge in [0.25, 0.3) is 5.91 Å². The fourth-order valence-electron chi connectivity index (χ4n) is 3.23. The van der Waals surface area contributed by atoms with Crippen LogP contribution in [0.3, 0.4) is 0 Å². The number of nitrogens with one attached hydrogen (secondary N) is 2. The minimum absolute atomic E-state index is 0.00871. The maximum Gasteiger partial charge on any atom is 0.390 e. The second-order valence-electron chi connectivity index (χ2n) is 7.14. The number of benzene rings is 2. The number of halogens is 8.